The molecular weight excluding hydrogens is 316 g/mol. The summed E-state index contributed by atoms with van der Waals surface area (Å²) in [6, 6.07) is 7.19. The number of rotatable bonds is 4. The van der Waals surface area contributed by atoms with Gasteiger partial charge in [0.25, 0.3) is 0 Å². The molecule has 0 spiro atoms. The number of H-pyrrole nitrogens is 1. The highest BCUT2D eigenvalue weighted by molar-refractivity contribution is 5.84. The highest BCUT2D eigenvalue weighted by atomic mass is 16.7. The first-order valence-corrected chi connectivity index (χ1v) is 7.49. The number of ether oxygens (including phenoxy) is 2. The topological polar surface area (TPSA) is 139 Å². The van der Waals surface area contributed by atoms with Crippen LogP contribution < -0.4 is 4.74 Å². The lowest BCUT2D eigenvalue weighted by Gasteiger charge is -2.39. The van der Waals surface area contributed by atoms with Gasteiger partial charge in [0.05, 0.1) is 19.1 Å². The second kappa shape index (κ2) is 6.76. The standard InChI is InChI=1S/C16H18N2O6/c17-4-3-8-6-18-11-5-9(1-2-10(8)11)23-16-15(22)14(21)13(20)12(7-19)24-16/h1-2,5-6,12-16,18-22H,3,7H2/t12-,13-,14+,15-,16-/m1/s1. The highest BCUT2D eigenvalue weighted by Crippen LogP contribution is 2.27. The molecule has 128 valence electrons. The van der Waals surface area contributed by atoms with E-state index in [-0.39, 0.29) is 6.42 Å². The Hall–Kier alpha value is -2.15. The van der Waals surface area contributed by atoms with E-state index >= 15 is 0 Å². The summed E-state index contributed by atoms with van der Waals surface area (Å²) in [5, 5.41) is 48.4. The fourth-order valence-corrected chi connectivity index (χ4v) is 2.77. The zero-order valence-corrected chi connectivity index (χ0v) is 12.7. The monoisotopic (exact) mass is 334 g/mol. The summed E-state index contributed by atoms with van der Waals surface area (Å²) in [6.45, 7) is -0.516. The maximum absolute atomic E-state index is 9.98. The van der Waals surface area contributed by atoms with E-state index in [0.717, 1.165) is 16.5 Å². The largest absolute Gasteiger partial charge is 0.462 e. The molecule has 3 rings (SSSR count). The van der Waals surface area contributed by atoms with Gasteiger partial charge in [-0.05, 0) is 17.7 Å². The first-order valence-electron chi connectivity index (χ1n) is 7.49. The van der Waals surface area contributed by atoms with Crippen molar-refractivity contribution in [1.82, 2.24) is 4.98 Å². The molecule has 1 aliphatic heterocycles. The predicted octanol–water partition coefficient (Wildman–Crippen LogP) is -0.587. The van der Waals surface area contributed by atoms with Crippen LogP contribution in [0.15, 0.2) is 24.4 Å². The Kier molecular flexibility index (Phi) is 4.71. The average Bonchev–Trinajstić information content (AvgIpc) is 2.98. The molecule has 1 aliphatic rings. The van der Waals surface area contributed by atoms with Gasteiger partial charge in [0.15, 0.2) is 0 Å². The van der Waals surface area contributed by atoms with E-state index in [9.17, 15) is 20.4 Å². The third-order valence-corrected chi connectivity index (χ3v) is 4.11. The second-order valence-corrected chi connectivity index (χ2v) is 5.67. The molecule has 1 saturated heterocycles. The van der Waals surface area contributed by atoms with Crippen molar-refractivity contribution in [1.29, 1.82) is 5.26 Å². The number of aliphatic hydroxyl groups is 4. The van der Waals surface area contributed by atoms with Crippen molar-refractivity contribution < 1.29 is 29.9 Å². The Morgan fingerprint density at radius 2 is 2.00 bits per heavy atom. The van der Waals surface area contributed by atoms with Crippen LogP contribution >= 0.6 is 0 Å². The molecule has 2 aromatic rings. The fourth-order valence-electron chi connectivity index (χ4n) is 2.77. The molecule has 0 unspecified atom stereocenters. The summed E-state index contributed by atoms with van der Waals surface area (Å²) in [5.74, 6) is 0.372. The van der Waals surface area contributed by atoms with E-state index < -0.39 is 37.3 Å². The Balaban J connectivity index is 1.80. The second-order valence-electron chi connectivity index (χ2n) is 5.67. The zero-order chi connectivity index (χ0) is 17.3. The minimum atomic E-state index is -1.49. The molecular formula is C16H18N2O6. The molecule has 1 fully saturated rings. The fraction of sp³-hybridized carbons (Fsp3) is 0.438. The van der Waals surface area contributed by atoms with Gasteiger partial charge in [0.1, 0.15) is 30.2 Å². The highest BCUT2D eigenvalue weighted by Gasteiger charge is 2.44. The number of nitriles is 1. The van der Waals surface area contributed by atoms with Gasteiger partial charge in [-0.25, -0.2) is 0 Å². The molecule has 0 bridgehead atoms. The van der Waals surface area contributed by atoms with E-state index in [2.05, 4.69) is 11.1 Å². The minimum absolute atomic E-state index is 0.285. The maximum Gasteiger partial charge on any atom is 0.229 e. The van der Waals surface area contributed by atoms with Crippen molar-refractivity contribution in [2.45, 2.75) is 37.1 Å². The molecule has 1 aromatic carbocycles. The quantitative estimate of drug-likeness (QED) is 0.504. The lowest BCUT2D eigenvalue weighted by Crippen LogP contribution is -2.60. The van der Waals surface area contributed by atoms with Crippen LogP contribution in [0.1, 0.15) is 5.56 Å². The Morgan fingerprint density at radius 1 is 1.21 bits per heavy atom. The van der Waals surface area contributed by atoms with Crippen molar-refractivity contribution >= 4 is 10.9 Å². The smallest absolute Gasteiger partial charge is 0.229 e. The summed E-state index contributed by atoms with van der Waals surface area (Å²) >= 11 is 0. The van der Waals surface area contributed by atoms with E-state index in [1.807, 2.05) is 0 Å². The number of fused-ring (bicyclic) bond motifs is 1. The Labute approximate surface area is 137 Å². The van der Waals surface area contributed by atoms with Gasteiger partial charge in [-0.1, -0.05) is 0 Å². The number of hydrogen-bond donors (Lipinski definition) is 5. The van der Waals surface area contributed by atoms with Crippen molar-refractivity contribution in [3.63, 3.8) is 0 Å². The summed E-state index contributed by atoms with van der Waals surface area (Å²) in [5.41, 5.74) is 1.62. The van der Waals surface area contributed by atoms with Gasteiger partial charge in [0, 0.05) is 23.2 Å². The van der Waals surface area contributed by atoms with Crippen LogP contribution in [-0.4, -0.2) is 62.7 Å². The SMILES string of the molecule is N#CCc1c[nH]c2cc(O[C@@H]3O[C@H](CO)[C@@H](O)[C@H](O)[C@H]3O)ccc12. The van der Waals surface area contributed by atoms with Crippen molar-refractivity contribution in [2.75, 3.05) is 6.61 Å². The van der Waals surface area contributed by atoms with Gasteiger partial charge in [-0.2, -0.15) is 5.26 Å². The molecule has 0 aliphatic carbocycles. The number of aromatic nitrogens is 1. The minimum Gasteiger partial charge on any atom is -0.462 e. The summed E-state index contributed by atoms with van der Waals surface area (Å²) in [7, 11) is 0. The molecule has 0 amide bonds. The number of benzene rings is 1. The number of nitrogens with zero attached hydrogens (tertiary/aromatic N) is 1. The number of aromatic amines is 1. The van der Waals surface area contributed by atoms with Gasteiger partial charge in [-0.15, -0.1) is 0 Å². The molecule has 5 atom stereocenters. The van der Waals surface area contributed by atoms with Crippen LogP contribution in [0.5, 0.6) is 5.75 Å². The first kappa shape index (κ1) is 16.7. The zero-order valence-electron chi connectivity index (χ0n) is 12.7. The van der Waals surface area contributed by atoms with Gasteiger partial charge < -0.3 is 34.9 Å². The van der Waals surface area contributed by atoms with Crippen LogP contribution in [0, 0.1) is 11.3 Å². The van der Waals surface area contributed by atoms with Crippen LogP contribution in [0.25, 0.3) is 10.9 Å². The molecule has 0 saturated carbocycles. The van der Waals surface area contributed by atoms with Gasteiger partial charge in [0.2, 0.25) is 6.29 Å². The third-order valence-electron chi connectivity index (χ3n) is 4.11. The lowest BCUT2D eigenvalue weighted by molar-refractivity contribution is -0.277. The average molecular weight is 334 g/mol. The maximum atomic E-state index is 9.98. The van der Waals surface area contributed by atoms with Crippen molar-refractivity contribution in [3.8, 4) is 11.8 Å². The molecule has 1 aromatic heterocycles. The number of hydrogen-bond acceptors (Lipinski definition) is 7. The van der Waals surface area contributed by atoms with Crippen LogP contribution in [-0.2, 0) is 11.2 Å². The van der Waals surface area contributed by atoms with E-state index in [1.54, 1.807) is 24.4 Å². The van der Waals surface area contributed by atoms with Crippen LogP contribution in [0.3, 0.4) is 0 Å². The molecule has 8 heteroatoms. The molecule has 2 heterocycles. The summed E-state index contributed by atoms with van der Waals surface area (Å²) < 4.78 is 10.9. The molecule has 0 radical (unpaired) electrons. The summed E-state index contributed by atoms with van der Waals surface area (Å²) in [4.78, 5) is 3.03. The van der Waals surface area contributed by atoms with E-state index in [1.165, 1.54) is 0 Å². The van der Waals surface area contributed by atoms with E-state index in [0.29, 0.717) is 5.75 Å². The predicted molar refractivity (Wildman–Crippen MR) is 82.0 cm³/mol. The third kappa shape index (κ3) is 2.96. The summed E-state index contributed by atoms with van der Waals surface area (Å²) in [6.07, 6.45) is -4.60. The molecule has 24 heavy (non-hydrogen) atoms. The van der Waals surface area contributed by atoms with Gasteiger partial charge >= 0.3 is 0 Å². The number of aliphatic hydroxyl groups excluding tert-OH is 4. The Morgan fingerprint density at radius 3 is 2.71 bits per heavy atom. The lowest BCUT2D eigenvalue weighted by atomic mass is 9.99. The Bertz CT molecular complexity index is 753. The van der Waals surface area contributed by atoms with Crippen molar-refractivity contribution in [3.05, 3.63) is 30.0 Å². The van der Waals surface area contributed by atoms with Crippen LogP contribution in [0.4, 0.5) is 0 Å². The molecule has 8 nitrogen and oxygen atoms in total. The van der Waals surface area contributed by atoms with Crippen molar-refractivity contribution in [2.24, 2.45) is 0 Å². The van der Waals surface area contributed by atoms with E-state index in [4.69, 9.17) is 14.7 Å². The van der Waals surface area contributed by atoms with Crippen LogP contribution in [0.2, 0.25) is 0 Å². The normalized spacial score (nSPS) is 30.2. The first-order chi connectivity index (χ1) is 11.5. The van der Waals surface area contributed by atoms with Gasteiger partial charge in [-0.3, -0.25) is 0 Å². The number of nitrogens with one attached hydrogen (secondary N) is 1. The molecule has 5 N–H and O–H groups in total.